The molecule has 0 fully saturated rings. The molecule has 2 N–H and O–H groups in total. The highest BCUT2D eigenvalue weighted by Crippen LogP contribution is 2.30. The molecule has 0 aliphatic heterocycles. The van der Waals surface area contributed by atoms with Crippen LogP contribution in [0.2, 0.25) is 0 Å². The molecule has 0 bridgehead atoms. The van der Waals surface area contributed by atoms with Crippen molar-refractivity contribution in [3.8, 4) is 0 Å². The minimum absolute atomic E-state index is 0.774. The lowest BCUT2D eigenvalue weighted by atomic mass is 10.2. The Morgan fingerprint density at radius 1 is 1.27 bits per heavy atom. The highest BCUT2D eigenvalue weighted by Gasteiger charge is 2.02. The van der Waals surface area contributed by atoms with Gasteiger partial charge in [-0.05, 0) is 24.6 Å². The Hall–Kier alpha value is -1.55. The molecule has 2 rings (SSSR count). The van der Waals surface area contributed by atoms with Crippen molar-refractivity contribution >= 4 is 17.4 Å². The van der Waals surface area contributed by atoms with Gasteiger partial charge in [0.25, 0.3) is 0 Å². The van der Waals surface area contributed by atoms with E-state index in [0.29, 0.717) is 0 Å². The smallest absolute Gasteiger partial charge is 0.119 e. The number of nitrogens with two attached hydrogens (primary N) is 1. The van der Waals surface area contributed by atoms with Gasteiger partial charge in [-0.15, -0.1) is 0 Å². The maximum absolute atomic E-state index is 5.87. The summed E-state index contributed by atoms with van der Waals surface area (Å²) in [5, 5.41) is 0.856. The summed E-state index contributed by atoms with van der Waals surface area (Å²) in [5.74, 6) is 0. The van der Waals surface area contributed by atoms with Crippen LogP contribution >= 0.6 is 11.8 Å². The van der Waals surface area contributed by atoms with E-state index in [1.54, 1.807) is 18.6 Å². The molecule has 0 atom stereocenters. The number of nitrogens with zero attached hydrogens (tertiary/aromatic N) is 2. The fraction of sp³-hybridized carbons (Fsp3) is 0.0909. The van der Waals surface area contributed by atoms with E-state index < -0.39 is 0 Å². The molecule has 15 heavy (non-hydrogen) atoms. The molecule has 0 spiro atoms. The van der Waals surface area contributed by atoms with Crippen molar-refractivity contribution in [2.24, 2.45) is 0 Å². The number of nitrogen functional groups attached to an aromatic ring is 1. The van der Waals surface area contributed by atoms with Gasteiger partial charge in [-0.2, -0.15) is 0 Å². The van der Waals surface area contributed by atoms with Gasteiger partial charge < -0.3 is 5.73 Å². The molecule has 1 heterocycles. The van der Waals surface area contributed by atoms with Crippen molar-refractivity contribution in [2.45, 2.75) is 16.8 Å². The summed E-state index contributed by atoms with van der Waals surface area (Å²) in [4.78, 5) is 9.22. The van der Waals surface area contributed by atoms with Crippen LogP contribution in [0.3, 0.4) is 0 Å². The predicted octanol–water partition coefficient (Wildman–Crippen LogP) is 2.52. The molecule has 0 amide bonds. The van der Waals surface area contributed by atoms with Crippen LogP contribution in [0.1, 0.15) is 5.56 Å². The molecule has 0 saturated carbocycles. The minimum Gasteiger partial charge on any atom is -0.398 e. The van der Waals surface area contributed by atoms with E-state index in [2.05, 4.69) is 16.0 Å². The number of hydrogen-bond acceptors (Lipinski definition) is 4. The zero-order chi connectivity index (χ0) is 10.7. The second-order valence-corrected chi connectivity index (χ2v) is 4.25. The van der Waals surface area contributed by atoms with Crippen LogP contribution in [0.15, 0.2) is 46.7 Å². The van der Waals surface area contributed by atoms with Crippen LogP contribution in [0.25, 0.3) is 0 Å². The van der Waals surface area contributed by atoms with E-state index in [0.717, 1.165) is 15.6 Å². The van der Waals surface area contributed by atoms with Gasteiger partial charge in [-0.25, -0.2) is 4.98 Å². The third-order valence-corrected chi connectivity index (χ3v) is 2.92. The van der Waals surface area contributed by atoms with E-state index in [-0.39, 0.29) is 0 Å². The molecule has 4 heteroatoms. The molecule has 0 aliphatic carbocycles. The molecule has 0 unspecified atom stereocenters. The van der Waals surface area contributed by atoms with Gasteiger partial charge in [0.15, 0.2) is 0 Å². The van der Waals surface area contributed by atoms with Gasteiger partial charge in [0.2, 0.25) is 0 Å². The fourth-order valence-corrected chi connectivity index (χ4v) is 2.06. The first kappa shape index (κ1) is 9.98. The van der Waals surface area contributed by atoms with Crippen molar-refractivity contribution in [1.29, 1.82) is 0 Å². The lowest BCUT2D eigenvalue weighted by Crippen LogP contribution is -1.89. The molecule has 2 aromatic rings. The topological polar surface area (TPSA) is 51.8 Å². The number of hydrogen-bond donors (Lipinski definition) is 1. The second kappa shape index (κ2) is 4.31. The summed E-state index contributed by atoms with van der Waals surface area (Å²) in [7, 11) is 0. The van der Waals surface area contributed by atoms with Gasteiger partial charge in [-0.3, -0.25) is 4.98 Å². The van der Waals surface area contributed by atoms with Crippen LogP contribution in [0, 0.1) is 6.92 Å². The Labute approximate surface area is 92.8 Å². The molecular weight excluding hydrogens is 206 g/mol. The van der Waals surface area contributed by atoms with Gasteiger partial charge in [-0.1, -0.05) is 17.8 Å². The summed E-state index contributed by atoms with van der Waals surface area (Å²) in [5.41, 5.74) is 7.83. The van der Waals surface area contributed by atoms with Crippen molar-refractivity contribution < 1.29 is 0 Å². The lowest BCUT2D eigenvalue weighted by Gasteiger charge is -2.05. The first-order valence-corrected chi connectivity index (χ1v) is 5.37. The van der Waals surface area contributed by atoms with Crippen LogP contribution in [-0.4, -0.2) is 9.97 Å². The molecule has 76 valence electrons. The second-order valence-electron chi connectivity index (χ2n) is 3.19. The maximum Gasteiger partial charge on any atom is 0.119 e. The molecule has 0 saturated heterocycles. The van der Waals surface area contributed by atoms with E-state index >= 15 is 0 Å². The Balaban J connectivity index is 2.28. The van der Waals surface area contributed by atoms with Gasteiger partial charge in [0.1, 0.15) is 5.03 Å². The first-order chi connectivity index (χ1) is 7.25. The van der Waals surface area contributed by atoms with Gasteiger partial charge in [0.05, 0.1) is 6.20 Å². The average Bonchev–Trinajstić information content (AvgIpc) is 2.25. The molecule has 0 radical (unpaired) electrons. The Morgan fingerprint density at radius 3 is 2.87 bits per heavy atom. The summed E-state index contributed by atoms with van der Waals surface area (Å²) >= 11 is 1.53. The number of rotatable bonds is 2. The third kappa shape index (κ3) is 2.47. The van der Waals surface area contributed by atoms with Crippen LogP contribution in [-0.2, 0) is 0 Å². The van der Waals surface area contributed by atoms with E-state index in [1.165, 1.54) is 17.3 Å². The third-order valence-electron chi connectivity index (χ3n) is 1.92. The zero-order valence-corrected chi connectivity index (χ0v) is 9.16. The maximum atomic E-state index is 5.87. The lowest BCUT2D eigenvalue weighted by molar-refractivity contribution is 1.05. The Bertz CT molecular complexity index is 457. The summed E-state index contributed by atoms with van der Waals surface area (Å²) in [6.07, 6.45) is 5.06. The summed E-state index contributed by atoms with van der Waals surface area (Å²) in [6, 6.07) is 5.96. The van der Waals surface area contributed by atoms with Gasteiger partial charge in [0, 0.05) is 23.0 Å². The Morgan fingerprint density at radius 2 is 2.13 bits per heavy atom. The number of aryl methyl sites for hydroxylation is 1. The zero-order valence-electron chi connectivity index (χ0n) is 8.34. The minimum atomic E-state index is 0.774. The van der Waals surface area contributed by atoms with E-state index in [1.807, 2.05) is 19.1 Å². The molecular formula is C11H11N3S. The van der Waals surface area contributed by atoms with Crippen LogP contribution < -0.4 is 5.73 Å². The molecule has 1 aromatic carbocycles. The highest BCUT2D eigenvalue weighted by molar-refractivity contribution is 7.99. The van der Waals surface area contributed by atoms with Crippen molar-refractivity contribution in [3.63, 3.8) is 0 Å². The van der Waals surface area contributed by atoms with Crippen LogP contribution in [0.4, 0.5) is 5.69 Å². The average molecular weight is 217 g/mol. The van der Waals surface area contributed by atoms with Crippen molar-refractivity contribution in [3.05, 3.63) is 42.4 Å². The number of anilines is 1. The predicted molar refractivity (Wildman–Crippen MR) is 61.7 cm³/mol. The molecule has 0 aliphatic rings. The monoisotopic (exact) mass is 217 g/mol. The first-order valence-electron chi connectivity index (χ1n) is 4.56. The largest absolute Gasteiger partial charge is 0.398 e. The van der Waals surface area contributed by atoms with Crippen LogP contribution in [0.5, 0.6) is 0 Å². The number of aromatic nitrogens is 2. The van der Waals surface area contributed by atoms with E-state index in [4.69, 9.17) is 5.73 Å². The fourth-order valence-electron chi connectivity index (χ4n) is 1.18. The molecule has 1 aromatic heterocycles. The normalized spacial score (nSPS) is 10.2. The quantitative estimate of drug-likeness (QED) is 0.785. The summed E-state index contributed by atoms with van der Waals surface area (Å²) < 4.78 is 0. The molecule has 3 nitrogen and oxygen atoms in total. The summed E-state index contributed by atoms with van der Waals surface area (Å²) in [6.45, 7) is 2.04. The highest BCUT2D eigenvalue weighted by atomic mass is 32.2. The SMILES string of the molecule is Cc1ccc(N)c(Sc2cnccn2)c1. The van der Waals surface area contributed by atoms with Crippen molar-refractivity contribution in [1.82, 2.24) is 9.97 Å². The number of benzene rings is 1. The van der Waals surface area contributed by atoms with Gasteiger partial charge >= 0.3 is 0 Å². The van der Waals surface area contributed by atoms with Crippen molar-refractivity contribution in [2.75, 3.05) is 5.73 Å². The standard InChI is InChI=1S/C11H11N3S/c1-8-2-3-9(12)10(6-8)15-11-7-13-4-5-14-11/h2-7H,12H2,1H3. The van der Waals surface area contributed by atoms with E-state index in [9.17, 15) is 0 Å². The Kier molecular flexibility index (Phi) is 2.87.